The maximum atomic E-state index is 12.4. The number of rotatable bonds is 7. The molecule has 0 aliphatic carbocycles. The van der Waals surface area contributed by atoms with Gasteiger partial charge in [-0.3, -0.25) is 10.1 Å². The standard InChI is InChI=1S/C19H24N2O2/c1-4-23-18-13-9-8-12-17(18)21-19(22)15(3)20-14(2)16-10-6-5-7-11-16/h5-15,20H,4H2,1-3H3,(H,21,22)/t14-,15+/m1/s1. The van der Waals surface area contributed by atoms with Gasteiger partial charge in [0, 0.05) is 6.04 Å². The van der Waals surface area contributed by atoms with Gasteiger partial charge in [-0.1, -0.05) is 42.5 Å². The van der Waals surface area contributed by atoms with Crippen LogP contribution in [-0.4, -0.2) is 18.6 Å². The van der Waals surface area contributed by atoms with Crippen LogP contribution < -0.4 is 15.4 Å². The van der Waals surface area contributed by atoms with Crippen LogP contribution in [0.1, 0.15) is 32.4 Å². The molecule has 2 N–H and O–H groups in total. The molecule has 0 bridgehead atoms. The van der Waals surface area contributed by atoms with E-state index in [9.17, 15) is 4.79 Å². The number of ether oxygens (including phenoxy) is 1. The lowest BCUT2D eigenvalue weighted by atomic mass is 10.1. The summed E-state index contributed by atoms with van der Waals surface area (Å²) in [4.78, 5) is 12.4. The Bertz CT molecular complexity index is 628. The molecule has 0 aromatic heterocycles. The molecule has 0 saturated heterocycles. The summed E-state index contributed by atoms with van der Waals surface area (Å²) in [6.07, 6.45) is 0. The first kappa shape index (κ1) is 17.0. The number of benzene rings is 2. The van der Waals surface area contributed by atoms with Crippen molar-refractivity contribution in [2.45, 2.75) is 32.9 Å². The van der Waals surface area contributed by atoms with Gasteiger partial charge in [0.25, 0.3) is 0 Å². The summed E-state index contributed by atoms with van der Waals surface area (Å²) in [5.74, 6) is 0.603. The molecule has 0 fully saturated rings. The number of para-hydroxylation sites is 2. The molecule has 0 aliphatic rings. The van der Waals surface area contributed by atoms with E-state index in [1.165, 1.54) is 0 Å². The van der Waals surface area contributed by atoms with Crippen LogP contribution in [0.15, 0.2) is 54.6 Å². The SMILES string of the molecule is CCOc1ccccc1NC(=O)[C@H](C)N[C@H](C)c1ccccc1. The molecule has 0 aliphatic heterocycles. The van der Waals surface area contributed by atoms with Crippen LogP contribution in [-0.2, 0) is 4.79 Å². The normalized spacial score (nSPS) is 13.2. The molecular weight excluding hydrogens is 288 g/mol. The Hall–Kier alpha value is -2.33. The minimum atomic E-state index is -0.320. The maximum Gasteiger partial charge on any atom is 0.241 e. The predicted molar refractivity (Wildman–Crippen MR) is 93.7 cm³/mol. The van der Waals surface area contributed by atoms with E-state index in [1.54, 1.807) is 0 Å². The molecule has 1 amide bonds. The zero-order valence-electron chi connectivity index (χ0n) is 13.9. The van der Waals surface area contributed by atoms with Gasteiger partial charge in [0.1, 0.15) is 5.75 Å². The van der Waals surface area contributed by atoms with Crippen molar-refractivity contribution >= 4 is 11.6 Å². The molecular formula is C19H24N2O2. The number of carbonyl (C=O) groups is 1. The van der Waals surface area contributed by atoms with E-state index in [4.69, 9.17) is 4.74 Å². The molecule has 0 saturated carbocycles. The van der Waals surface area contributed by atoms with Crippen LogP contribution in [0.4, 0.5) is 5.69 Å². The number of amides is 1. The third-order valence-electron chi connectivity index (χ3n) is 3.64. The van der Waals surface area contributed by atoms with E-state index in [0.717, 1.165) is 5.56 Å². The van der Waals surface area contributed by atoms with E-state index >= 15 is 0 Å². The van der Waals surface area contributed by atoms with Gasteiger partial charge in [-0.15, -0.1) is 0 Å². The molecule has 2 rings (SSSR count). The maximum absolute atomic E-state index is 12.4. The fourth-order valence-corrected chi connectivity index (χ4v) is 2.38. The third-order valence-corrected chi connectivity index (χ3v) is 3.64. The lowest BCUT2D eigenvalue weighted by molar-refractivity contribution is -0.118. The Balaban J connectivity index is 1.98. The number of anilines is 1. The summed E-state index contributed by atoms with van der Waals surface area (Å²) < 4.78 is 5.53. The first-order valence-corrected chi connectivity index (χ1v) is 7.95. The molecule has 122 valence electrons. The topological polar surface area (TPSA) is 50.4 Å². The Morgan fingerprint density at radius 3 is 2.39 bits per heavy atom. The number of hydrogen-bond donors (Lipinski definition) is 2. The molecule has 0 spiro atoms. The van der Waals surface area contributed by atoms with Gasteiger partial charge >= 0.3 is 0 Å². The first-order chi connectivity index (χ1) is 11.1. The van der Waals surface area contributed by atoms with Crippen LogP contribution in [0.25, 0.3) is 0 Å². The van der Waals surface area contributed by atoms with Gasteiger partial charge in [0.2, 0.25) is 5.91 Å². The first-order valence-electron chi connectivity index (χ1n) is 7.95. The van der Waals surface area contributed by atoms with Gasteiger partial charge in [-0.25, -0.2) is 0 Å². The van der Waals surface area contributed by atoms with E-state index in [0.29, 0.717) is 18.0 Å². The predicted octanol–water partition coefficient (Wildman–Crippen LogP) is 3.76. The van der Waals surface area contributed by atoms with Crippen LogP contribution in [0, 0.1) is 0 Å². The molecule has 2 atom stereocenters. The highest BCUT2D eigenvalue weighted by Gasteiger charge is 2.17. The number of nitrogens with one attached hydrogen (secondary N) is 2. The third kappa shape index (κ3) is 4.83. The summed E-state index contributed by atoms with van der Waals surface area (Å²) in [5.41, 5.74) is 1.85. The zero-order chi connectivity index (χ0) is 16.7. The zero-order valence-corrected chi connectivity index (χ0v) is 13.9. The Labute approximate surface area is 137 Å². The second-order valence-electron chi connectivity index (χ2n) is 5.44. The summed E-state index contributed by atoms with van der Waals surface area (Å²) in [5, 5.41) is 6.24. The summed E-state index contributed by atoms with van der Waals surface area (Å²) in [6.45, 7) is 6.39. The summed E-state index contributed by atoms with van der Waals surface area (Å²) >= 11 is 0. The summed E-state index contributed by atoms with van der Waals surface area (Å²) in [7, 11) is 0. The lowest BCUT2D eigenvalue weighted by Gasteiger charge is -2.20. The molecule has 23 heavy (non-hydrogen) atoms. The van der Waals surface area contributed by atoms with E-state index in [2.05, 4.69) is 10.6 Å². The second-order valence-corrected chi connectivity index (χ2v) is 5.44. The van der Waals surface area contributed by atoms with Crippen molar-refractivity contribution in [3.05, 3.63) is 60.2 Å². The lowest BCUT2D eigenvalue weighted by Crippen LogP contribution is -2.39. The monoisotopic (exact) mass is 312 g/mol. The van der Waals surface area contributed by atoms with Gasteiger partial charge in [-0.2, -0.15) is 0 Å². The number of hydrogen-bond acceptors (Lipinski definition) is 3. The molecule has 2 aromatic rings. The van der Waals surface area contributed by atoms with Crippen molar-refractivity contribution in [2.75, 3.05) is 11.9 Å². The molecule has 0 heterocycles. The van der Waals surface area contributed by atoms with Crippen LogP contribution in [0.3, 0.4) is 0 Å². The van der Waals surface area contributed by atoms with Crippen LogP contribution in [0.2, 0.25) is 0 Å². The highest BCUT2D eigenvalue weighted by atomic mass is 16.5. The van der Waals surface area contributed by atoms with Crippen LogP contribution in [0.5, 0.6) is 5.75 Å². The van der Waals surface area contributed by atoms with Gasteiger partial charge in [0.05, 0.1) is 18.3 Å². The fourth-order valence-electron chi connectivity index (χ4n) is 2.38. The minimum absolute atomic E-state index is 0.0834. The average Bonchev–Trinajstić information content (AvgIpc) is 2.57. The van der Waals surface area contributed by atoms with Crippen molar-refractivity contribution in [1.29, 1.82) is 0 Å². The van der Waals surface area contributed by atoms with Crippen molar-refractivity contribution in [2.24, 2.45) is 0 Å². The highest BCUT2D eigenvalue weighted by Crippen LogP contribution is 2.24. The molecule has 2 aromatic carbocycles. The van der Waals surface area contributed by atoms with Gasteiger partial charge in [0.15, 0.2) is 0 Å². The van der Waals surface area contributed by atoms with Crippen molar-refractivity contribution in [1.82, 2.24) is 5.32 Å². The van der Waals surface area contributed by atoms with Crippen molar-refractivity contribution in [3.8, 4) is 5.75 Å². The number of carbonyl (C=O) groups excluding carboxylic acids is 1. The summed E-state index contributed by atoms with van der Waals surface area (Å²) in [6, 6.07) is 17.3. The van der Waals surface area contributed by atoms with Crippen molar-refractivity contribution in [3.63, 3.8) is 0 Å². The van der Waals surface area contributed by atoms with E-state index in [1.807, 2.05) is 75.4 Å². The molecule has 4 heteroatoms. The van der Waals surface area contributed by atoms with Gasteiger partial charge in [-0.05, 0) is 38.5 Å². The largest absolute Gasteiger partial charge is 0.492 e. The van der Waals surface area contributed by atoms with Crippen LogP contribution >= 0.6 is 0 Å². The molecule has 4 nitrogen and oxygen atoms in total. The fraction of sp³-hybridized carbons (Fsp3) is 0.316. The Morgan fingerprint density at radius 2 is 1.70 bits per heavy atom. The van der Waals surface area contributed by atoms with Crippen molar-refractivity contribution < 1.29 is 9.53 Å². The Kier molecular flexibility index (Phi) is 6.18. The quantitative estimate of drug-likeness (QED) is 0.818. The van der Waals surface area contributed by atoms with Gasteiger partial charge < -0.3 is 10.1 Å². The molecule has 0 radical (unpaired) electrons. The second kappa shape index (κ2) is 8.34. The Morgan fingerprint density at radius 1 is 1.04 bits per heavy atom. The molecule has 0 unspecified atom stereocenters. The minimum Gasteiger partial charge on any atom is -0.492 e. The van der Waals surface area contributed by atoms with E-state index < -0.39 is 0 Å². The highest BCUT2D eigenvalue weighted by molar-refractivity contribution is 5.95. The van der Waals surface area contributed by atoms with E-state index in [-0.39, 0.29) is 18.0 Å². The smallest absolute Gasteiger partial charge is 0.241 e. The average molecular weight is 312 g/mol.